The Morgan fingerprint density at radius 2 is 1.87 bits per heavy atom. The molecule has 3 unspecified atom stereocenters. The van der Waals surface area contributed by atoms with Gasteiger partial charge in [-0.25, -0.2) is 0 Å². The predicted molar refractivity (Wildman–Crippen MR) is 97.8 cm³/mol. The van der Waals surface area contributed by atoms with E-state index in [1.807, 2.05) is 0 Å². The van der Waals surface area contributed by atoms with Gasteiger partial charge < -0.3 is 5.32 Å². The lowest BCUT2D eigenvalue weighted by Crippen LogP contribution is -2.28. The summed E-state index contributed by atoms with van der Waals surface area (Å²) >= 11 is 0. The second kappa shape index (κ2) is 6.23. The molecule has 2 aliphatic carbocycles. The second-order valence-corrected chi connectivity index (χ2v) is 6.97. The SMILES string of the molecule is CC1NC=C(C2=CCCC3C=CCCC23)C=C1c1ccccc1. The molecule has 1 heteroatoms. The van der Waals surface area contributed by atoms with Crippen LogP contribution in [0.15, 0.2) is 72.0 Å². The van der Waals surface area contributed by atoms with Crippen LogP contribution in [0.4, 0.5) is 0 Å². The molecule has 0 radical (unpaired) electrons. The maximum Gasteiger partial charge on any atom is 0.0486 e. The Morgan fingerprint density at radius 3 is 2.74 bits per heavy atom. The van der Waals surface area contributed by atoms with Gasteiger partial charge in [-0.1, -0.05) is 48.6 Å². The summed E-state index contributed by atoms with van der Waals surface area (Å²) in [5.74, 6) is 1.46. The van der Waals surface area contributed by atoms with Gasteiger partial charge in [0.2, 0.25) is 0 Å². The van der Waals surface area contributed by atoms with E-state index in [0.29, 0.717) is 12.0 Å². The minimum absolute atomic E-state index is 0.368. The van der Waals surface area contributed by atoms with Crippen LogP contribution in [0, 0.1) is 11.8 Å². The summed E-state index contributed by atoms with van der Waals surface area (Å²) in [6.07, 6.45) is 17.0. The number of nitrogens with one attached hydrogen (secondary N) is 1. The van der Waals surface area contributed by atoms with Crippen molar-refractivity contribution in [1.82, 2.24) is 5.32 Å². The molecule has 1 heterocycles. The van der Waals surface area contributed by atoms with Crippen molar-refractivity contribution in [2.45, 2.75) is 38.6 Å². The summed E-state index contributed by atoms with van der Waals surface area (Å²) < 4.78 is 0. The minimum atomic E-state index is 0.368. The first-order valence-electron chi connectivity index (χ1n) is 8.93. The Labute approximate surface area is 139 Å². The molecule has 0 saturated heterocycles. The van der Waals surface area contributed by atoms with Crippen LogP contribution in [0.1, 0.15) is 38.2 Å². The van der Waals surface area contributed by atoms with E-state index in [1.54, 1.807) is 5.57 Å². The second-order valence-electron chi connectivity index (χ2n) is 6.97. The molecule has 1 nitrogen and oxygen atoms in total. The van der Waals surface area contributed by atoms with Crippen molar-refractivity contribution in [3.8, 4) is 0 Å². The van der Waals surface area contributed by atoms with Gasteiger partial charge in [-0.15, -0.1) is 0 Å². The monoisotopic (exact) mass is 303 g/mol. The smallest absolute Gasteiger partial charge is 0.0486 e. The highest BCUT2D eigenvalue weighted by molar-refractivity contribution is 5.75. The summed E-state index contributed by atoms with van der Waals surface area (Å²) in [6, 6.07) is 11.1. The molecule has 1 N–H and O–H groups in total. The van der Waals surface area contributed by atoms with Crippen molar-refractivity contribution >= 4 is 5.57 Å². The third kappa shape index (κ3) is 2.81. The summed E-state index contributed by atoms with van der Waals surface area (Å²) in [5, 5.41) is 3.58. The molecule has 0 bridgehead atoms. The Hall–Kier alpha value is -2.02. The van der Waals surface area contributed by atoms with Gasteiger partial charge in [-0.2, -0.15) is 0 Å². The molecule has 0 aromatic heterocycles. The van der Waals surface area contributed by atoms with Crippen LogP contribution < -0.4 is 5.32 Å². The third-order valence-corrected chi connectivity index (χ3v) is 5.51. The first kappa shape index (κ1) is 14.6. The van der Waals surface area contributed by atoms with E-state index in [-0.39, 0.29) is 0 Å². The van der Waals surface area contributed by atoms with Crippen LogP contribution in [-0.4, -0.2) is 6.04 Å². The van der Waals surface area contributed by atoms with Crippen molar-refractivity contribution in [2.75, 3.05) is 0 Å². The number of hydrogen-bond acceptors (Lipinski definition) is 1. The summed E-state index contributed by atoms with van der Waals surface area (Å²) in [6.45, 7) is 2.24. The molecule has 0 fully saturated rings. The molecule has 3 aliphatic rings. The molecule has 1 aromatic carbocycles. The van der Waals surface area contributed by atoms with E-state index in [0.717, 1.165) is 5.92 Å². The Kier molecular flexibility index (Phi) is 3.95. The zero-order chi connectivity index (χ0) is 15.6. The fourth-order valence-corrected chi connectivity index (χ4v) is 4.26. The molecule has 4 rings (SSSR count). The molecule has 118 valence electrons. The topological polar surface area (TPSA) is 12.0 Å². The fourth-order valence-electron chi connectivity index (χ4n) is 4.26. The number of hydrogen-bond donors (Lipinski definition) is 1. The molecule has 0 saturated carbocycles. The molecular weight excluding hydrogens is 278 g/mol. The van der Waals surface area contributed by atoms with Crippen LogP contribution in [0.25, 0.3) is 5.57 Å². The number of allylic oxidation sites excluding steroid dienone is 6. The number of dihydropyridines is 1. The van der Waals surface area contributed by atoms with Gasteiger partial charge in [-0.3, -0.25) is 0 Å². The van der Waals surface area contributed by atoms with Crippen LogP contribution in [-0.2, 0) is 0 Å². The molecule has 23 heavy (non-hydrogen) atoms. The van der Waals surface area contributed by atoms with E-state index in [1.165, 1.54) is 42.4 Å². The average Bonchev–Trinajstić information content (AvgIpc) is 2.62. The summed E-state index contributed by atoms with van der Waals surface area (Å²) in [4.78, 5) is 0. The van der Waals surface area contributed by atoms with Gasteiger partial charge in [-0.05, 0) is 72.8 Å². The highest BCUT2D eigenvalue weighted by Gasteiger charge is 2.30. The van der Waals surface area contributed by atoms with Gasteiger partial charge in [0.15, 0.2) is 0 Å². The number of benzene rings is 1. The van der Waals surface area contributed by atoms with E-state index < -0.39 is 0 Å². The Morgan fingerprint density at radius 1 is 1.00 bits per heavy atom. The number of fused-ring (bicyclic) bond motifs is 1. The van der Waals surface area contributed by atoms with Gasteiger partial charge in [0.05, 0.1) is 0 Å². The van der Waals surface area contributed by atoms with E-state index in [9.17, 15) is 0 Å². The molecule has 1 aromatic rings. The third-order valence-electron chi connectivity index (χ3n) is 5.51. The van der Waals surface area contributed by atoms with Gasteiger partial charge in [0.25, 0.3) is 0 Å². The van der Waals surface area contributed by atoms with Crippen molar-refractivity contribution < 1.29 is 0 Å². The normalized spacial score (nSPS) is 29.8. The highest BCUT2D eigenvalue weighted by Crippen LogP contribution is 2.42. The highest BCUT2D eigenvalue weighted by atomic mass is 14.9. The van der Waals surface area contributed by atoms with Crippen LogP contribution in [0.5, 0.6) is 0 Å². The van der Waals surface area contributed by atoms with Crippen LogP contribution in [0.2, 0.25) is 0 Å². The van der Waals surface area contributed by atoms with Gasteiger partial charge in [0.1, 0.15) is 0 Å². The Bertz CT molecular complexity index is 690. The number of rotatable bonds is 2. The summed E-state index contributed by atoms with van der Waals surface area (Å²) in [5.41, 5.74) is 5.69. The van der Waals surface area contributed by atoms with Crippen LogP contribution in [0.3, 0.4) is 0 Å². The van der Waals surface area contributed by atoms with E-state index in [4.69, 9.17) is 0 Å². The van der Waals surface area contributed by atoms with Crippen molar-refractivity contribution in [1.29, 1.82) is 0 Å². The van der Waals surface area contributed by atoms with Crippen molar-refractivity contribution in [3.05, 3.63) is 77.5 Å². The lowest BCUT2D eigenvalue weighted by atomic mass is 9.71. The molecule has 1 aliphatic heterocycles. The lowest BCUT2D eigenvalue weighted by Gasteiger charge is -2.35. The van der Waals surface area contributed by atoms with Crippen LogP contribution >= 0.6 is 0 Å². The van der Waals surface area contributed by atoms with Crippen molar-refractivity contribution in [2.24, 2.45) is 11.8 Å². The maximum atomic E-state index is 3.58. The lowest BCUT2D eigenvalue weighted by molar-refractivity contribution is 0.374. The molecule has 0 spiro atoms. The first-order chi connectivity index (χ1) is 11.3. The maximum absolute atomic E-state index is 3.58. The van der Waals surface area contributed by atoms with E-state index >= 15 is 0 Å². The molecular formula is C22H25N. The predicted octanol–water partition coefficient (Wildman–Crippen LogP) is 5.25. The van der Waals surface area contributed by atoms with Gasteiger partial charge in [0, 0.05) is 12.2 Å². The zero-order valence-electron chi connectivity index (χ0n) is 13.8. The average molecular weight is 303 g/mol. The molecule has 3 atom stereocenters. The zero-order valence-corrected chi connectivity index (χ0v) is 13.8. The quantitative estimate of drug-likeness (QED) is 0.736. The summed E-state index contributed by atoms with van der Waals surface area (Å²) in [7, 11) is 0. The minimum Gasteiger partial charge on any atom is -0.384 e. The molecule has 0 amide bonds. The largest absolute Gasteiger partial charge is 0.384 e. The van der Waals surface area contributed by atoms with Gasteiger partial charge >= 0.3 is 0 Å². The van der Waals surface area contributed by atoms with Crippen molar-refractivity contribution in [3.63, 3.8) is 0 Å². The fraction of sp³-hybridized carbons (Fsp3) is 0.364. The van der Waals surface area contributed by atoms with E-state index in [2.05, 4.69) is 73.1 Å². The standard InChI is InChI=1S/C22H25N/c1-16-22(18-8-3-2-4-9-18)14-19(15-23-16)21-13-7-11-17-10-5-6-12-20(17)21/h2-5,8-10,13-17,20,23H,6-7,11-12H2,1H3. The first-order valence-corrected chi connectivity index (χ1v) is 8.93. The Balaban J connectivity index is 1.68.